The molecule has 2 nitrogen and oxygen atoms in total. The maximum atomic E-state index is 10.4. The molecule has 0 heterocycles. The fraction of sp³-hybridized carbons (Fsp3) is 0.348. The number of carbonyl (C=O) groups is 1. The summed E-state index contributed by atoms with van der Waals surface area (Å²) in [7, 11) is 0. The molecule has 0 bridgehead atoms. The highest BCUT2D eigenvalue weighted by Gasteiger charge is 2.06. The first-order valence-electron chi connectivity index (χ1n) is 9.16. The molecule has 2 heteroatoms. The van der Waals surface area contributed by atoms with Crippen molar-refractivity contribution in [1.82, 2.24) is 0 Å². The molecule has 25 heavy (non-hydrogen) atoms. The van der Waals surface area contributed by atoms with Gasteiger partial charge in [-0.1, -0.05) is 68.0 Å². The Morgan fingerprint density at radius 3 is 2.36 bits per heavy atom. The van der Waals surface area contributed by atoms with Crippen molar-refractivity contribution < 1.29 is 9.53 Å². The van der Waals surface area contributed by atoms with Gasteiger partial charge in [-0.25, -0.2) is 0 Å². The van der Waals surface area contributed by atoms with Crippen LogP contribution in [0.4, 0.5) is 0 Å². The second-order valence-corrected chi connectivity index (χ2v) is 6.26. The Bertz CT molecular complexity index is 684. The van der Waals surface area contributed by atoms with E-state index in [9.17, 15) is 4.79 Å². The molecule has 2 rings (SSSR count). The minimum Gasteiger partial charge on any atom is -0.468 e. The average Bonchev–Trinajstić information content (AvgIpc) is 2.64. The van der Waals surface area contributed by atoms with E-state index in [0.29, 0.717) is 13.1 Å². The number of rotatable bonds is 10. The molecule has 0 amide bonds. The fourth-order valence-corrected chi connectivity index (χ4v) is 3.05. The average molecular weight is 336 g/mol. The van der Waals surface area contributed by atoms with Gasteiger partial charge in [0.25, 0.3) is 6.47 Å². The Balaban J connectivity index is 2.16. The number of hydrogen-bond acceptors (Lipinski definition) is 2. The molecule has 0 aliphatic heterocycles. The van der Waals surface area contributed by atoms with E-state index in [-0.39, 0.29) is 0 Å². The fourth-order valence-electron chi connectivity index (χ4n) is 3.05. The Morgan fingerprint density at radius 2 is 1.68 bits per heavy atom. The first kappa shape index (κ1) is 19.0. The zero-order valence-corrected chi connectivity index (χ0v) is 15.3. The lowest BCUT2D eigenvalue weighted by atomic mass is 9.94. The molecule has 132 valence electrons. The van der Waals surface area contributed by atoms with Gasteiger partial charge in [-0.05, 0) is 54.0 Å². The van der Waals surface area contributed by atoms with E-state index in [1.165, 1.54) is 27.8 Å². The number of hydrogen-bond donors (Lipinski definition) is 0. The summed E-state index contributed by atoms with van der Waals surface area (Å²) in [5, 5.41) is 0. The highest BCUT2D eigenvalue weighted by Crippen LogP contribution is 2.24. The third-order valence-corrected chi connectivity index (χ3v) is 4.41. The quantitative estimate of drug-likeness (QED) is 0.324. The van der Waals surface area contributed by atoms with Crippen LogP contribution in [-0.2, 0) is 28.8 Å². The molecular weight excluding hydrogens is 308 g/mol. The smallest absolute Gasteiger partial charge is 0.293 e. The van der Waals surface area contributed by atoms with Crippen molar-refractivity contribution in [3.63, 3.8) is 0 Å². The molecule has 0 N–H and O–H groups in total. The largest absolute Gasteiger partial charge is 0.468 e. The lowest BCUT2D eigenvalue weighted by Crippen LogP contribution is -2.01. The van der Waals surface area contributed by atoms with E-state index in [0.717, 1.165) is 32.1 Å². The second kappa shape index (κ2) is 10.5. The summed E-state index contributed by atoms with van der Waals surface area (Å²) in [6.45, 7) is 5.21. The van der Waals surface area contributed by atoms with E-state index < -0.39 is 0 Å². The van der Waals surface area contributed by atoms with Crippen molar-refractivity contribution in [3.8, 4) is 11.1 Å². The van der Waals surface area contributed by atoms with Crippen molar-refractivity contribution in [2.75, 3.05) is 6.61 Å². The van der Waals surface area contributed by atoms with E-state index in [1.54, 1.807) is 0 Å². The van der Waals surface area contributed by atoms with Gasteiger partial charge < -0.3 is 4.74 Å². The lowest BCUT2D eigenvalue weighted by Gasteiger charge is -2.12. The summed E-state index contributed by atoms with van der Waals surface area (Å²) in [5.74, 6) is 0. The molecule has 0 saturated heterocycles. The van der Waals surface area contributed by atoms with Crippen LogP contribution < -0.4 is 0 Å². The number of allylic oxidation sites excluding steroid dienone is 2. The van der Waals surface area contributed by atoms with E-state index in [2.05, 4.69) is 68.5 Å². The van der Waals surface area contributed by atoms with E-state index in [1.807, 2.05) is 0 Å². The van der Waals surface area contributed by atoms with Crippen LogP contribution in [0.1, 0.15) is 43.4 Å². The van der Waals surface area contributed by atoms with Gasteiger partial charge >= 0.3 is 0 Å². The van der Waals surface area contributed by atoms with Crippen LogP contribution >= 0.6 is 0 Å². The summed E-state index contributed by atoms with van der Waals surface area (Å²) < 4.78 is 4.89. The van der Waals surface area contributed by atoms with Gasteiger partial charge in [0.2, 0.25) is 0 Å². The molecule has 0 spiro atoms. The molecule has 0 aliphatic rings. The second-order valence-electron chi connectivity index (χ2n) is 6.26. The minimum atomic E-state index is 0.438. The van der Waals surface area contributed by atoms with Gasteiger partial charge in [0, 0.05) is 6.42 Å². The molecule has 0 fully saturated rings. The third kappa shape index (κ3) is 5.90. The predicted molar refractivity (Wildman–Crippen MR) is 105 cm³/mol. The van der Waals surface area contributed by atoms with Crippen LogP contribution in [0.5, 0.6) is 0 Å². The molecule has 0 aromatic heterocycles. The molecule has 2 aromatic rings. The normalized spacial score (nSPS) is 11.0. The minimum absolute atomic E-state index is 0.438. The van der Waals surface area contributed by atoms with E-state index in [4.69, 9.17) is 4.74 Å². The SMILES string of the molecule is C/C=C/CCc1ccc(-c2ccc(CCC)c(CCOC=O)c2)cc1. The van der Waals surface area contributed by atoms with Crippen LogP contribution in [-0.4, -0.2) is 13.1 Å². The number of benzene rings is 2. The number of ether oxygens (including phenoxy) is 1. The highest BCUT2D eigenvalue weighted by atomic mass is 16.5. The molecular formula is C23H28O2. The standard InChI is InChI=1S/C23H28O2/c1-3-5-6-8-19-9-11-21(12-10-19)22-14-13-20(7-4-2)23(17-22)15-16-25-18-24/h3,5,9-14,17-18H,4,6-8,15-16H2,1-2H3/b5-3+. The first-order valence-corrected chi connectivity index (χ1v) is 9.16. The number of aryl methyl sites for hydroxylation is 2. The van der Waals surface area contributed by atoms with Crippen LogP contribution in [0.25, 0.3) is 11.1 Å². The molecule has 0 radical (unpaired) electrons. The van der Waals surface area contributed by atoms with Gasteiger partial charge in [-0.2, -0.15) is 0 Å². The number of carbonyl (C=O) groups excluding carboxylic acids is 1. The first-order chi connectivity index (χ1) is 12.3. The van der Waals surface area contributed by atoms with Gasteiger partial charge in [0.1, 0.15) is 0 Å². The highest BCUT2D eigenvalue weighted by molar-refractivity contribution is 5.65. The molecule has 0 unspecified atom stereocenters. The summed E-state index contributed by atoms with van der Waals surface area (Å²) in [5.41, 5.74) is 6.45. The molecule has 0 atom stereocenters. The van der Waals surface area contributed by atoms with Gasteiger partial charge in [-0.3, -0.25) is 4.79 Å². The Hall–Kier alpha value is -2.35. The monoisotopic (exact) mass is 336 g/mol. The van der Waals surface area contributed by atoms with Crippen LogP contribution in [0.15, 0.2) is 54.6 Å². The Kier molecular flexibility index (Phi) is 7.97. The van der Waals surface area contributed by atoms with Crippen molar-refractivity contribution in [1.29, 1.82) is 0 Å². The lowest BCUT2D eigenvalue weighted by molar-refractivity contribution is -0.128. The zero-order valence-electron chi connectivity index (χ0n) is 15.3. The molecule has 2 aromatic carbocycles. The maximum absolute atomic E-state index is 10.4. The van der Waals surface area contributed by atoms with E-state index >= 15 is 0 Å². The van der Waals surface area contributed by atoms with Gasteiger partial charge in [0.15, 0.2) is 0 Å². The van der Waals surface area contributed by atoms with Crippen molar-refractivity contribution in [2.24, 2.45) is 0 Å². The van der Waals surface area contributed by atoms with Gasteiger partial charge in [-0.15, -0.1) is 0 Å². The molecule has 0 saturated carbocycles. The zero-order chi connectivity index (χ0) is 17.9. The summed E-state index contributed by atoms with van der Waals surface area (Å²) >= 11 is 0. The van der Waals surface area contributed by atoms with Gasteiger partial charge in [0.05, 0.1) is 6.61 Å². The van der Waals surface area contributed by atoms with Crippen molar-refractivity contribution >= 4 is 6.47 Å². The summed E-state index contributed by atoms with van der Waals surface area (Å²) in [4.78, 5) is 10.4. The third-order valence-electron chi connectivity index (χ3n) is 4.41. The molecule has 0 aliphatic carbocycles. The van der Waals surface area contributed by atoms with Crippen molar-refractivity contribution in [3.05, 3.63) is 71.3 Å². The maximum Gasteiger partial charge on any atom is 0.293 e. The summed E-state index contributed by atoms with van der Waals surface area (Å²) in [6, 6.07) is 15.5. The topological polar surface area (TPSA) is 26.3 Å². The van der Waals surface area contributed by atoms with Crippen LogP contribution in [0, 0.1) is 0 Å². The Labute approximate surface area is 151 Å². The van der Waals surface area contributed by atoms with Crippen molar-refractivity contribution in [2.45, 2.75) is 46.0 Å². The Morgan fingerprint density at radius 1 is 0.920 bits per heavy atom. The predicted octanol–water partition coefficient (Wildman–Crippen LogP) is 5.53. The van der Waals surface area contributed by atoms with Crippen LogP contribution in [0.3, 0.4) is 0 Å². The summed E-state index contributed by atoms with van der Waals surface area (Å²) in [6.07, 6.45) is 9.40. The van der Waals surface area contributed by atoms with Crippen LogP contribution in [0.2, 0.25) is 0 Å².